The molecule has 26 heavy (non-hydrogen) atoms. The molecule has 1 aliphatic carbocycles. The number of fused-ring (bicyclic) bond motifs is 2. The zero-order valence-electron chi connectivity index (χ0n) is 14.5. The summed E-state index contributed by atoms with van der Waals surface area (Å²) >= 11 is 0. The summed E-state index contributed by atoms with van der Waals surface area (Å²) in [5, 5.41) is 3.59. The van der Waals surface area contributed by atoms with Gasteiger partial charge in [-0.1, -0.05) is 5.16 Å². The molecule has 5 rings (SSSR count). The molecule has 0 radical (unpaired) electrons. The molecule has 3 aliphatic heterocycles. The first-order valence-electron chi connectivity index (χ1n) is 9.35. The lowest BCUT2D eigenvalue weighted by atomic mass is 9.84. The van der Waals surface area contributed by atoms with Crippen LogP contribution in [-0.2, 0) is 14.8 Å². The van der Waals surface area contributed by atoms with E-state index in [4.69, 9.17) is 9.26 Å². The van der Waals surface area contributed by atoms with Gasteiger partial charge in [0.1, 0.15) is 6.26 Å². The van der Waals surface area contributed by atoms with Crippen molar-refractivity contribution in [3.05, 3.63) is 18.0 Å². The molecule has 1 spiro atoms. The fourth-order valence-corrected chi connectivity index (χ4v) is 6.84. The molecular weight excluding hydrogens is 358 g/mol. The second-order valence-electron chi connectivity index (χ2n) is 8.00. The van der Waals surface area contributed by atoms with E-state index in [1.807, 2.05) is 4.90 Å². The fourth-order valence-electron chi connectivity index (χ4n) is 4.94. The smallest absolute Gasteiger partial charge is 0.276 e. The summed E-state index contributed by atoms with van der Waals surface area (Å²) in [4.78, 5) is 14.7. The first-order chi connectivity index (χ1) is 12.5. The summed E-state index contributed by atoms with van der Waals surface area (Å²) < 4.78 is 37.9. The van der Waals surface area contributed by atoms with E-state index >= 15 is 0 Å². The minimum absolute atomic E-state index is 0.0709. The van der Waals surface area contributed by atoms with E-state index in [0.29, 0.717) is 38.2 Å². The maximum Gasteiger partial charge on any atom is 0.276 e. The van der Waals surface area contributed by atoms with Gasteiger partial charge in [-0.2, -0.15) is 4.31 Å². The topological polar surface area (TPSA) is 93.0 Å². The van der Waals surface area contributed by atoms with E-state index in [2.05, 4.69) is 5.16 Å². The highest BCUT2D eigenvalue weighted by Gasteiger charge is 2.54. The lowest BCUT2D eigenvalue weighted by Gasteiger charge is -2.50. The van der Waals surface area contributed by atoms with Crippen molar-refractivity contribution in [1.82, 2.24) is 14.4 Å². The molecule has 1 unspecified atom stereocenters. The second-order valence-corrected chi connectivity index (χ2v) is 10.2. The highest BCUT2D eigenvalue weighted by molar-refractivity contribution is 7.90. The van der Waals surface area contributed by atoms with Crippen LogP contribution in [0, 0.1) is 0 Å². The maximum absolute atomic E-state index is 12.8. The molecule has 3 saturated heterocycles. The standard InChI is InChI=1S/C17H23N3O5S/c21-16(15-5-7-25-18-15)20-12-1-2-13(20)10-17(9-12)11-19(6-8-24-17)26(22,23)14-3-4-14/h5,7,12-14H,1-4,6,8-11H2/t12-,13+,17?. The number of amides is 1. The number of carbonyl (C=O) groups excluding carboxylic acids is 1. The van der Waals surface area contributed by atoms with Crippen LogP contribution in [0.25, 0.3) is 0 Å². The minimum Gasteiger partial charge on any atom is -0.372 e. The molecule has 3 atom stereocenters. The Morgan fingerprint density at radius 2 is 1.92 bits per heavy atom. The van der Waals surface area contributed by atoms with Gasteiger partial charge in [0.2, 0.25) is 10.0 Å². The number of rotatable bonds is 3. The molecule has 0 N–H and O–H groups in total. The monoisotopic (exact) mass is 381 g/mol. The average molecular weight is 381 g/mol. The number of hydrogen-bond donors (Lipinski definition) is 0. The van der Waals surface area contributed by atoms with Crippen LogP contribution < -0.4 is 0 Å². The molecule has 1 aromatic heterocycles. The van der Waals surface area contributed by atoms with Crippen molar-refractivity contribution in [3.63, 3.8) is 0 Å². The van der Waals surface area contributed by atoms with Crippen molar-refractivity contribution >= 4 is 15.9 Å². The van der Waals surface area contributed by atoms with Crippen LogP contribution in [0.5, 0.6) is 0 Å². The molecule has 4 heterocycles. The van der Waals surface area contributed by atoms with Crippen molar-refractivity contribution < 1.29 is 22.5 Å². The van der Waals surface area contributed by atoms with Crippen molar-refractivity contribution in [2.45, 2.75) is 61.5 Å². The van der Waals surface area contributed by atoms with Crippen LogP contribution in [0.4, 0.5) is 0 Å². The molecule has 1 aromatic rings. The first-order valence-corrected chi connectivity index (χ1v) is 10.8. The summed E-state index contributed by atoms with van der Waals surface area (Å²) in [6, 6.07) is 1.73. The molecule has 4 aliphatic rings. The van der Waals surface area contributed by atoms with Gasteiger partial charge >= 0.3 is 0 Å². The summed E-state index contributed by atoms with van der Waals surface area (Å²) in [7, 11) is -3.19. The van der Waals surface area contributed by atoms with Crippen molar-refractivity contribution in [2.75, 3.05) is 19.7 Å². The lowest BCUT2D eigenvalue weighted by Crippen LogP contribution is -2.61. The zero-order valence-corrected chi connectivity index (χ0v) is 15.4. The van der Waals surface area contributed by atoms with Gasteiger partial charge in [-0.05, 0) is 38.5 Å². The van der Waals surface area contributed by atoms with Crippen LogP contribution in [-0.4, -0.2) is 71.3 Å². The Balaban J connectivity index is 1.36. The van der Waals surface area contributed by atoms with Crippen LogP contribution in [0.3, 0.4) is 0 Å². The molecule has 2 bridgehead atoms. The third-order valence-electron chi connectivity index (χ3n) is 6.25. The van der Waals surface area contributed by atoms with Gasteiger partial charge in [-0.3, -0.25) is 4.79 Å². The SMILES string of the molecule is O=C(c1ccon1)N1[C@@H]2CC[C@H]1CC1(C2)CN(S(=O)(=O)C2CC2)CCO1. The number of hydrogen-bond acceptors (Lipinski definition) is 6. The first kappa shape index (κ1) is 16.7. The Morgan fingerprint density at radius 1 is 1.19 bits per heavy atom. The summed E-state index contributed by atoms with van der Waals surface area (Å²) in [6.07, 6.45) is 6.18. The zero-order chi connectivity index (χ0) is 17.9. The highest BCUT2D eigenvalue weighted by atomic mass is 32.2. The van der Waals surface area contributed by atoms with Crippen LogP contribution in [0.2, 0.25) is 0 Å². The Hall–Kier alpha value is -1.45. The number of sulfonamides is 1. The van der Waals surface area contributed by atoms with Crippen LogP contribution in [0.15, 0.2) is 16.9 Å². The van der Waals surface area contributed by atoms with E-state index < -0.39 is 15.6 Å². The largest absolute Gasteiger partial charge is 0.372 e. The number of morpholine rings is 1. The summed E-state index contributed by atoms with van der Waals surface area (Å²) in [6.45, 7) is 1.30. The quantitative estimate of drug-likeness (QED) is 0.776. The molecule has 0 aromatic carbocycles. The maximum atomic E-state index is 12.8. The Morgan fingerprint density at radius 3 is 2.54 bits per heavy atom. The van der Waals surface area contributed by atoms with Gasteiger partial charge in [-0.25, -0.2) is 8.42 Å². The molecule has 9 heteroatoms. The molecule has 1 saturated carbocycles. The van der Waals surface area contributed by atoms with Crippen LogP contribution >= 0.6 is 0 Å². The predicted molar refractivity (Wildman–Crippen MR) is 90.9 cm³/mol. The highest BCUT2D eigenvalue weighted by Crippen LogP contribution is 2.45. The van der Waals surface area contributed by atoms with E-state index in [1.165, 1.54) is 6.26 Å². The molecule has 4 fully saturated rings. The summed E-state index contributed by atoms with van der Waals surface area (Å²) in [5.74, 6) is -0.0978. The summed E-state index contributed by atoms with van der Waals surface area (Å²) in [5.41, 5.74) is -0.132. The van der Waals surface area contributed by atoms with Gasteiger partial charge in [-0.15, -0.1) is 0 Å². The Labute approximate surface area is 152 Å². The average Bonchev–Trinajstić information content (AvgIpc) is 3.27. The van der Waals surface area contributed by atoms with E-state index in [9.17, 15) is 13.2 Å². The lowest BCUT2D eigenvalue weighted by molar-refractivity contribution is -0.129. The van der Waals surface area contributed by atoms with E-state index in [-0.39, 0.29) is 23.2 Å². The van der Waals surface area contributed by atoms with Crippen molar-refractivity contribution in [3.8, 4) is 0 Å². The fraction of sp³-hybridized carbons (Fsp3) is 0.765. The molecular formula is C17H23N3O5S. The number of carbonyl (C=O) groups is 1. The second kappa shape index (κ2) is 5.77. The van der Waals surface area contributed by atoms with E-state index in [1.54, 1.807) is 10.4 Å². The van der Waals surface area contributed by atoms with Crippen molar-refractivity contribution in [2.24, 2.45) is 0 Å². The predicted octanol–water partition coefficient (Wildman–Crippen LogP) is 1.00. The number of ether oxygens (including phenoxy) is 1. The number of nitrogens with zero attached hydrogens (tertiary/aromatic N) is 3. The van der Waals surface area contributed by atoms with Gasteiger partial charge in [0.05, 0.1) is 17.5 Å². The minimum atomic E-state index is -3.19. The number of piperidine rings is 1. The van der Waals surface area contributed by atoms with Gasteiger partial charge in [0.15, 0.2) is 5.69 Å². The van der Waals surface area contributed by atoms with Gasteiger partial charge < -0.3 is 14.2 Å². The van der Waals surface area contributed by atoms with Gasteiger partial charge in [0, 0.05) is 31.2 Å². The molecule has 1 amide bonds. The molecule has 8 nitrogen and oxygen atoms in total. The Bertz CT molecular complexity index is 790. The Kier molecular flexibility index (Phi) is 3.71. The van der Waals surface area contributed by atoms with Crippen molar-refractivity contribution in [1.29, 1.82) is 0 Å². The molecule has 142 valence electrons. The normalized spacial score (nSPS) is 35.2. The van der Waals surface area contributed by atoms with E-state index in [0.717, 1.165) is 25.7 Å². The third kappa shape index (κ3) is 2.59. The third-order valence-corrected chi connectivity index (χ3v) is 8.59. The number of aromatic nitrogens is 1. The van der Waals surface area contributed by atoms with Crippen LogP contribution in [0.1, 0.15) is 49.0 Å². The van der Waals surface area contributed by atoms with Gasteiger partial charge in [0.25, 0.3) is 5.91 Å².